The van der Waals surface area contributed by atoms with E-state index in [1.54, 1.807) is 19.1 Å². The molecule has 0 radical (unpaired) electrons. The molecule has 0 aliphatic carbocycles. The van der Waals surface area contributed by atoms with E-state index < -0.39 is 17.9 Å². The molecular formula is C21H27NO5S. The fourth-order valence-electron chi connectivity index (χ4n) is 2.51. The molecule has 152 valence electrons. The minimum absolute atomic E-state index is 0.0989. The number of amides is 1. The lowest BCUT2D eigenvalue weighted by Crippen LogP contribution is -2.43. The molecule has 0 saturated heterocycles. The van der Waals surface area contributed by atoms with Crippen LogP contribution in [0, 0.1) is 0 Å². The molecule has 1 unspecified atom stereocenters. The first-order valence-electron chi connectivity index (χ1n) is 9.38. The molecule has 0 bridgehead atoms. The third-order valence-electron chi connectivity index (χ3n) is 4.39. The Kier molecular flexibility index (Phi) is 8.44. The van der Waals surface area contributed by atoms with E-state index in [2.05, 4.69) is 43.9 Å². The largest absolute Gasteiger partial charge is 0.486 e. The molecule has 2 rings (SSSR count). The first-order chi connectivity index (χ1) is 13.5. The first kappa shape index (κ1) is 21.9. The van der Waals surface area contributed by atoms with E-state index in [-0.39, 0.29) is 24.7 Å². The lowest BCUT2D eigenvalue weighted by molar-refractivity contribution is -0.144. The van der Waals surface area contributed by atoms with E-state index in [4.69, 9.17) is 13.9 Å². The molecule has 1 aromatic heterocycles. The van der Waals surface area contributed by atoms with Crippen molar-refractivity contribution in [2.24, 2.45) is 0 Å². The van der Waals surface area contributed by atoms with Gasteiger partial charge in [0, 0.05) is 5.75 Å². The fourth-order valence-corrected chi connectivity index (χ4v) is 2.75. The van der Waals surface area contributed by atoms with Gasteiger partial charge < -0.3 is 19.2 Å². The molecule has 1 amide bonds. The van der Waals surface area contributed by atoms with Crippen LogP contribution in [0.3, 0.4) is 0 Å². The average molecular weight is 406 g/mol. The van der Waals surface area contributed by atoms with Gasteiger partial charge in [-0.15, -0.1) is 0 Å². The van der Waals surface area contributed by atoms with Crippen molar-refractivity contribution in [1.82, 2.24) is 5.32 Å². The number of rotatable bonds is 10. The van der Waals surface area contributed by atoms with E-state index in [0.29, 0.717) is 11.7 Å². The maximum atomic E-state index is 12.3. The summed E-state index contributed by atoms with van der Waals surface area (Å²) in [7, 11) is 0. The molecule has 6 nitrogen and oxygen atoms in total. The van der Waals surface area contributed by atoms with Crippen LogP contribution >= 0.6 is 12.6 Å². The van der Waals surface area contributed by atoms with Crippen molar-refractivity contribution in [3.8, 4) is 5.75 Å². The van der Waals surface area contributed by atoms with Gasteiger partial charge in [0.1, 0.15) is 24.2 Å². The normalized spacial score (nSPS) is 12.9. The van der Waals surface area contributed by atoms with Gasteiger partial charge in [-0.2, -0.15) is 12.6 Å². The minimum atomic E-state index is -0.829. The van der Waals surface area contributed by atoms with E-state index >= 15 is 0 Å². The first-order valence-corrected chi connectivity index (χ1v) is 10.0. The molecule has 28 heavy (non-hydrogen) atoms. The summed E-state index contributed by atoms with van der Waals surface area (Å²) in [5, 5.41) is 2.55. The Balaban J connectivity index is 1.91. The predicted octanol–water partition coefficient (Wildman–Crippen LogP) is 3.96. The van der Waals surface area contributed by atoms with Gasteiger partial charge in [0.15, 0.2) is 5.76 Å². The molecule has 0 spiro atoms. The molecule has 0 fully saturated rings. The second-order valence-electron chi connectivity index (χ2n) is 6.39. The zero-order valence-electron chi connectivity index (χ0n) is 16.4. The van der Waals surface area contributed by atoms with Crippen molar-refractivity contribution in [3.63, 3.8) is 0 Å². The van der Waals surface area contributed by atoms with Gasteiger partial charge in [0.05, 0.1) is 6.61 Å². The molecule has 0 aliphatic heterocycles. The third-order valence-corrected chi connectivity index (χ3v) is 4.75. The number of esters is 1. The van der Waals surface area contributed by atoms with Crippen molar-refractivity contribution in [2.45, 2.75) is 45.8 Å². The van der Waals surface area contributed by atoms with Crippen molar-refractivity contribution >= 4 is 24.5 Å². The minimum Gasteiger partial charge on any atom is -0.486 e. The fraction of sp³-hybridized carbons (Fsp3) is 0.429. The van der Waals surface area contributed by atoms with Crippen LogP contribution in [-0.4, -0.2) is 30.3 Å². The van der Waals surface area contributed by atoms with E-state index in [1.165, 1.54) is 5.56 Å². The monoisotopic (exact) mass is 405 g/mol. The number of carbonyl (C=O) groups is 2. The van der Waals surface area contributed by atoms with E-state index in [9.17, 15) is 9.59 Å². The number of hydrogen-bond acceptors (Lipinski definition) is 6. The van der Waals surface area contributed by atoms with Crippen LogP contribution in [0.1, 0.15) is 55.0 Å². The van der Waals surface area contributed by atoms with Gasteiger partial charge in [0.2, 0.25) is 0 Å². The standard InChI is InChI=1S/C21H27NO5S/c1-4-14(3)15-6-8-16(9-7-15)26-12-17-10-11-19(27-17)20(23)22-18(13-28)21(24)25-5-2/h6-11,14,18,28H,4-5,12-13H2,1-3H3,(H,22,23)/t14?,18-/m0/s1. The summed E-state index contributed by atoms with van der Waals surface area (Å²) in [6.45, 7) is 6.48. The SMILES string of the molecule is CCOC(=O)[C@H](CS)NC(=O)c1ccc(COc2ccc(C(C)CC)cc2)o1. The number of thiol groups is 1. The second-order valence-corrected chi connectivity index (χ2v) is 6.76. The Morgan fingerprint density at radius 3 is 2.46 bits per heavy atom. The topological polar surface area (TPSA) is 77.8 Å². The highest BCUT2D eigenvalue weighted by atomic mass is 32.1. The summed E-state index contributed by atoms with van der Waals surface area (Å²) >= 11 is 4.07. The van der Waals surface area contributed by atoms with Crippen LogP contribution in [0.2, 0.25) is 0 Å². The van der Waals surface area contributed by atoms with Gasteiger partial charge >= 0.3 is 5.97 Å². The molecule has 2 atom stereocenters. The van der Waals surface area contributed by atoms with Crippen LogP contribution in [0.25, 0.3) is 0 Å². The van der Waals surface area contributed by atoms with Gasteiger partial charge in [0.25, 0.3) is 5.91 Å². The highest BCUT2D eigenvalue weighted by Gasteiger charge is 2.22. The Labute approximate surface area is 171 Å². The number of hydrogen-bond donors (Lipinski definition) is 2. The Morgan fingerprint density at radius 2 is 1.86 bits per heavy atom. The molecule has 1 aromatic carbocycles. The number of furan rings is 1. The third kappa shape index (κ3) is 6.05. The molecule has 1 N–H and O–H groups in total. The highest BCUT2D eigenvalue weighted by Crippen LogP contribution is 2.22. The Morgan fingerprint density at radius 1 is 1.14 bits per heavy atom. The molecule has 7 heteroatoms. The summed E-state index contributed by atoms with van der Waals surface area (Å²) in [6, 6.07) is 10.3. The molecule has 0 saturated carbocycles. The average Bonchev–Trinajstić information content (AvgIpc) is 3.19. The van der Waals surface area contributed by atoms with Gasteiger partial charge in [-0.25, -0.2) is 4.79 Å². The van der Waals surface area contributed by atoms with Gasteiger partial charge in [-0.3, -0.25) is 4.79 Å². The quantitative estimate of drug-likeness (QED) is 0.462. The van der Waals surface area contributed by atoms with E-state index in [0.717, 1.165) is 12.2 Å². The van der Waals surface area contributed by atoms with Crippen LogP contribution in [0.15, 0.2) is 40.8 Å². The Hall–Kier alpha value is -2.41. The summed E-state index contributed by atoms with van der Waals surface area (Å²) in [4.78, 5) is 24.0. The summed E-state index contributed by atoms with van der Waals surface area (Å²) in [6.07, 6.45) is 1.09. The van der Waals surface area contributed by atoms with Gasteiger partial charge in [-0.1, -0.05) is 26.0 Å². The molecule has 1 heterocycles. The number of ether oxygens (including phenoxy) is 2. The van der Waals surface area contributed by atoms with Crippen LogP contribution in [0.5, 0.6) is 5.75 Å². The number of nitrogens with one attached hydrogen (secondary N) is 1. The van der Waals surface area contributed by atoms with Gasteiger partial charge in [-0.05, 0) is 49.1 Å². The van der Waals surface area contributed by atoms with Crippen molar-refractivity contribution < 1.29 is 23.5 Å². The number of carbonyl (C=O) groups excluding carboxylic acids is 2. The lowest BCUT2D eigenvalue weighted by Gasteiger charge is -2.14. The second kappa shape index (κ2) is 10.8. The predicted molar refractivity (Wildman–Crippen MR) is 110 cm³/mol. The van der Waals surface area contributed by atoms with Crippen molar-refractivity contribution in [3.05, 3.63) is 53.5 Å². The van der Waals surface area contributed by atoms with E-state index in [1.807, 2.05) is 12.1 Å². The lowest BCUT2D eigenvalue weighted by atomic mass is 9.99. The maximum Gasteiger partial charge on any atom is 0.329 e. The Bertz CT molecular complexity index is 771. The van der Waals surface area contributed by atoms with Crippen LogP contribution in [0.4, 0.5) is 0 Å². The smallest absolute Gasteiger partial charge is 0.329 e. The maximum absolute atomic E-state index is 12.3. The molecular weight excluding hydrogens is 378 g/mol. The summed E-state index contributed by atoms with van der Waals surface area (Å²) in [5.41, 5.74) is 1.27. The summed E-state index contributed by atoms with van der Waals surface area (Å²) < 4.78 is 16.1. The van der Waals surface area contributed by atoms with Crippen molar-refractivity contribution in [1.29, 1.82) is 0 Å². The van der Waals surface area contributed by atoms with Crippen molar-refractivity contribution in [2.75, 3.05) is 12.4 Å². The van der Waals surface area contributed by atoms with Crippen LogP contribution in [-0.2, 0) is 16.1 Å². The zero-order chi connectivity index (χ0) is 20.5. The zero-order valence-corrected chi connectivity index (χ0v) is 17.3. The number of benzene rings is 1. The molecule has 0 aliphatic rings. The molecule has 2 aromatic rings. The highest BCUT2D eigenvalue weighted by molar-refractivity contribution is 7.80. The van der Waals surface area contributed by atoms with Crippen LogP contribution < -0.4 is 10.1 Å². The summed E-state index contributed by atoms with van der Waals surface area (Å²) in [5.74, 6) is 0.950.